The maximum atomic E-state index is 9.51. The third-order valence-corrected chi connectivity index (χ3v) is 5.64. The van der Waals surface area contributed by atoms with E-state index in [2.05, 4.69) is 0 Å². The van der Waals surface area contributed by atoms with Gasteiger partial charge < -0.3 is 20.4 Å². The lowest BCUT2D eigenvalue weighted by Crippen LogP contribution is -2.67. The maximum absolute atomic E-state index is 9.51. The smallest absolute Gasteiger partial charge is 0.0691 e. The molecule has 2 aliphatic rings. The first-order valence-corrected chi connectivity index (χ1v) is 7.34. The molecule has 120 valence electrons. The van der Waals surface area contributed by atoms with E-state index in [0.29, 0.717) is 0 Å². The van der Waals surface area contributed by atoms with Gasteiger partial charge in [-0.3, -0.25) is 0 Å². The van der Waals surface area contributed by atoms with Crippen molar-refractivity contribution in [2.45, 2.75) is 79.8 Å². The van der Waals surface area contributed by atoms with E-state index in [9.17, 15) is 20.4 Å². The topological polar surface area (TPSA) is 80.9 Å². The van der Waals surface area contributed by atoms with E-state index in [-0.39, 0.29) is 46.1 Å². The highest BCUT2D eigenvalue weighted by molar-refractivity contribution is 5.10. The van der Waals surface area contributed by atoms with Crippen LogP contribution in [0.5, 0.6) is 0 Å². The highest BCUT2D eigenvalue weighted by atomic mass is 16.3. The molecule has 0 spiro atoms. The molecule has 0 bridgehead atoms. The molecule has 0 atom stereocenters. The first-order chi connectivity index (χ1) is 8.62. The molecule has 0 aromatic heterocycles. The SMILES string of the molecule is CC1(C)C(O)C(C)(C)C1O.CC1(C)C(O)C(C)(C)C1O. The van der Waals surface area contributed by atoms with Crippen molar-refractivity contribution in [2.75, 3.05) is 0 Å². The Morgan fingerprint density at radius 3 is 0.550 bits per heavy atom. The molecule has 0 saturated heterocycles. The summed E-state index contributed by atoms with van der Waals surface area (Å²) in [5, 5.41) is 38.1. The number of rotatable bonds is 0. The van der Waals surface area contributed by atoms with Gasteiger partial charge in [-0.1, -0.05) is 55.4 Å². The molecular weight excluding hydrogens is 256 g/mol. The Labute approximate surface area is 122 Å². The fourth-order valence-electron chi connectivity index (χ4n) is 4.24. The summed E-state index contributed by atoms with van der Waals surface area (Å²) in [5.41, 5.74) is -1.26. The van der Waals surface area contributed by atoms with Crippen LogP contribution in [0.3, 0.4) is 0 Å². The van der Waals surface area contributed by atoms with Crippen molar-refractivity contribution >= 4 is 0 Å². The lowest BCUT2D eigenvalue weighted by atomic mass is 9.51. The van der Waals surface area contributed by atoms with Gasteiger partial charge in [0.15, 0.2) is 0 Å². The Hall–Kier alpha value is -0.160. The van der Waals surface area contributed by atoms with Crippen LogP contribution in [0.4, 0.5) is 0 Å². The highest BCUT2D eigenvalue weighted by Crippen LogP contribution is 2.54. The minimum atomic E-state index is -0.380. The van der Waals surface area contributed by atoms with E-state index in [1.807, 2.05) is 55.4 Å². The fraction of sp³-hybridized carbons (Fsp3) is 1.00. The van der Waals surface area contributed by atoms with Gasteiger partial charge in [-0.2, -0.15) is 0 Å². The fourth-order valence-corrected chi connectivity index (χ4v) is 4.24. The predicted octanol–water partition coefficient (Wildman–Crippen LogP) is 1.55. The molecule has 4 heteroatoms. The van der Waals surface area contributed by atoms with Crippen molar-refractivity contribution in [3.05, 3.63) is 0 Å². The molecule has 2 fully saturated rings. The van der Waals surface area contributed by atoms with Gasteiger partial charge in [-0.15, -0.1) is 0 Å². The molecule has 0 unspecified atom stereocenters. The van der Waals surface area contributed by atoms with Crippen LogP contribution in [-0.2, 0) is 0 Å². The van der Waals surface area contributed by atoms with Crippen molar-refractivity contribution in [2.24, 2.45) is 21.7 Å². The zero-order chi connectivity index (χ0) is 16.3. The minimum Gasteiger partial charge on any atom is -0.392 e. The lowest BCUT2D eigenvalue weighted by molar-refractivity contribution is -0.247. The molecule has 2 aliphatic carbocycles. The number of aliphatic hydroxyl groups is 4. The van der Waals surface area contributed by atoms with Crippen molar-refractivity contribution in [3.8, 4) is 0 Å². The van der Waals surface area contributed by atoms with Gasteiger partial charge in [0.25, 0.3) is 0 Å². The summed E-state index contributed by atoms with van der Waals surface area (Å²) in [4.78, 5) is 0. The summed E-state index contributed by atoms with van der Waals surface area (Å²) in [6.45, 7) is 15.1. The van der Waals surface area contributed by atoms with Crippen molar-refractivity contribution in [1.29, 1.82) is 0 Å². The van der Waals surface area contributed by atoms with Crippen LogP contribution in [0, 0.1) is 21.7 Å². The van der Waals surface area contributed by atoms with Crippen LogP contribution in [0.1, 0.15) is 55.4 Å². The number of aliphatic hydroxyl groups excluding tert-OH is 4. The Kier molecular flexibility index (Phi) is 4.18. The monoisotopic (exact) mass is 288 g/mol. The van der Waals surface area contributed by atoms with E-state index in [1.54, 1.807) is 0 Å². The third-order valence-electron chi connectivity index (χ3n) is 5.64. The second-order valence-corrected chi connectivity index (χ2v) is 8.90. The molecule has 0 radical (unpaired) electrons. The van der Waals surface area contributed by atoms with Crippen LogP contribution >= 0.6 is 0 Å². The first-order valence-electron chi connectivity index (χ1n) is 7.34. The van der Waals surface area contributed by atoms with Crippen LogP contribution in [-0.4, -0.2) is 44.8 Å². The largest absolute Gasteiger partial charge is 0.392 e. The number of hydrogen-bond acceptors (Lipinski definition) is 4. The predicted molar refractivity (Wildman–Crippen MR) is 79.2 cm³/mol. The second-order valence-electron chi connectivity index (χ2n) is 8.90. The summed E-state index contributed by atoms with van der Waals surface area (Å²) in [7, 11) is 0. The molecule has 2 rings (SSSR count). The van der Waals surface area contributed by atoms with E-state index in [0.717, 1.165) is 0 Å². The molecule has 0 aromatic rings. The summed E-state index contributed by atoms with van der Waals surface area (Å²) in [6, 6.07) is 0. The molecule has 0 heterocycles. The highest BCUT2D eigenvalue weighted by Gasteiger charge is 2.61. The molecule has 2 saturated carbocycles. The molecule has 0 aliphatic heterocycles. The van der Waals surface area contributed by atoms with Crippen LogP contribution in [0.25, 0.3) is 0 Å². The van der Waals surface area contributed by atoms with Crippen molar-refractivity contribution in [3.63, 3.8) is 0 Å². The van der Waals surface area contributed by atoms with E-state index >= 15 is 0 Å². The van der Waals surface area contributed by atoms with Crippen LogP contribution in [0.2, 0.25) is 0 Å². The van der Waals surface area contributed by atoms with Gasteiger partial charge in [0.1, 0.15) is 0 Å². The van der Waals surface area contributed by atoms with Crippen molar-refractivity contribution < 1.29 is 20.4 Å². The van der Waals surface area contributed by atoms with Gasteiger partial charge in [0.2, 0.25) is 0 Å². The maximum Gasteiger partial charge on any atom is 0.0691 e. The molecular formula is C16H32O4. The van der Waals surface area contributed by atoms with Crippen LogP contribution < -0.4 is 0 Å². The summed E-state index contributed by atoms with van der Waals surface area (Å²) in [6.07, 6.45) is -1.52. The molecule has 20 heavy (non-hydrogen) atoms. The summed E-state index contributed by atoms with van der Waals surface area (Å²) in [5.74, 6) is 0. The Morgan fingerprint density at radius 2 is 0.500 bits per heavy atom. The van der Waals surface area contributed by atoms with E-state index < -0.39 is 0 Å². The van der Waals surface area contributed by atoms with Gasteiger partial charge in [-0.25, -0.2) is 0 Å². The zero-order valence-corrected chi connectivity index (χ0v) is 14.1. The van der Waals surface area contributed by atoms with Gasteiger partial charge in [-0.05, 0) is 0 Å². The summed E-state index contributed by atoms with van der Waals surface area (Å²) < 4.78 is 0. The van der Waals surface area contributed by atoms with E-state index in [4.69, 9.17) is 0 Å². The molecule has 4 N–H and O–H groups in total. The minimum absolute atomic E-state index is 0.316. The molecule has 0 aromatic carbocycles. The molecule has 4 nitrogen and oxygen atoms in total. The molecule has 0 amide bonds. The number of hydrogen-bond donors (Lipinski definition) is 4. The summed E-state index contributed by atoms with van der Waals surface area (Å²) >= 11 is 0. The third kappa shape index (κ3) is 2.21. The quantitative estimate of drug-likeness (QED) is 0.545. The van der Waals surface area contributed by atoms with Gasteiger partial charge in [0.05, 0.1) is 24.4 Å². The second kappa shape index (κ2) is 4.67. The normalized spacial score (nSPS) is 42.6. The standard InChI is InChI=1S/2C8H16O2/c2*1-7(2)5(9)8(3,4)6(7)10/h2*5-6,9-10H,1-4H3. The Bertz CT molecular complexity index is 275. The Balaban J connectivity index is 0.000000200. The van der Waals surface area contributed by atoms with Crippen molar-refractivity contribution in [1.82, 2.24) is 0 Å². The Morgan fingerprint density at radius 1 is 0.400 bits per heavy atom. The first kappa shape index (κ1) is 17.9. The zero-order valence-electron chi connectivity index (χ0n) is 14.1. The van der Waals surface area contributed by atoms with Crippen LogP contribution in [0.15, 0.2) is 0 Å². The average molecular weight is 288 g/mol. The van der Waals surface area contributed by atoms with Gasteiger partial charge >= 0.3 is 0 Å². The average Bonchev–Trinajstić information content (AvgIpc) is 2.35. The lowest BCUT2D eigenvalue weighted by Gasteiger charge is -2.59. The van der Waals surface area contributed by atoms with Gasteiger partial charge in [0, 0.05) is 21.7 Å². The van der Waals surface area contributed by atoms with E-state index in [1.165, 1.54) is 0 Å².